The molecule has 1 fully saturated rings. The summed E-state index contributed by atoms with van der Waals surface area (Å²) < 4.78 is 6.04. The van der Waals surface area contributed by atoms with E-state index in [2.05, 4.69) is 5.32 Å². The zero-order chi connectivity index (χ0) is 20.9. The Morgan fingerprint density at radius 3 is 2.40 bits per heavy atom. The number of ether oxygens (including phenoxy) is 1. The van der Waals surface area contributed by atoms with E-state index in [-0.39, 0.29) is 24.4 Å². The van der Waals surface area contributed by atoms with Crippen molar-refractivity contribution in [3.8, 4) is 16.2 Å². The zero-order valence-electron chi connectivity index (χ0n) is 16.8. The van der Waals surface area contributed by atoms with E-state index in [0.29, 0.717) is 17.2 Å². The van der Waals surface area contributed by atoms with Crippen LogP contribution in [0, 0.1) is 0 Å². The van der Waals surface area contributed by atoms with Gasteiger partial charge in [-0.25, -0.2) is 0 Å². The summed E-state index contributed by atoms with van der Waals surface area (Å²) >= 11 is 1.39. The van der Waals surface area contributed by atoms with Gasteiger partial charge in [0.2, 0.25) is 5.91 Å². The Balaban J connectivity index is 1.54. The number of benzene rings is 2. The second-order valence-corrected chi connectivity index (χ2v) is 8.50. The highest BCUT2D eigenvalue weighted by Crippen LogP contribution is 2.37. The largest absolute Gasteiger partial charge is 0.487 e. The van der Waals surface area contributed by atoms with E-state index in [1.54, 1.807) is 7.05 Å². The van der Waals surface area contributed by atoms with E-state index >= 15 is 0 Å². The molecule has 2 amide bonds. The van der Waals surface area contributed by atoms with Gasteiger partial charge < -0.3 is 15.0 Å². The second kappa shape index (κ2) is 9.13. The van der Waals surface area contributed by atoms with Crippen molar-refractivity contribution in [2.45, 2.75) is 25.5 Å². The van der Waals surface area contributed by atoms with Crippen molar-refractivity contribution in [2.24, 2.45) is 0 Å². The van der Waals surface area contributed by atoms with Crippen LogP contribution in [0.5, 0.6) is 5.75 Å². The monoisotopic (exact) mass is 420 g/mol. The highest BCUT2D eigenvalue weighted by molar-refractivity contribution is 7.17. The summed E-state index contributed by atoms with van der Waals surface area (Å²) in [5, 5.41) is 2.92. The fourth-order valence-corrected chi connectivity index (χ4v) is 4.17. The van der Waals surface area contributed by atoms with E-state index in [0.717, 1.165) is 28.8 Å². The first-order chi connectivity index (χ1) is 14.6. The van der Waals surface area contributed by atoms with Crippen molar-refractivity contribution in [1.82, 2.24) is 10.2 Å². The lowest BCUT2D eigenvalue weighted by Crippen LogP contribution is -2.39. The van der Waals surface area contributed by atoms with Gasteiger partial charge in [-0.05, 0) is 30.0 Å². The topological polar surface area (TPSA) is 58.6 Å². The van der Waals surface area contributed by atoms with Crippen molar-refractivity contribution in [2.75, 3.05) is 13.6 Å². The summed E-state index contributed by atoms with van der Waals surface area (Å²) in [7, 11) is 1.65. The van der Waals surface area contributed by atoms with Gasteiger partial charge in [0, 0.05) is 18.0 Å². The number of amides is 2. The summed E-state index contributed by atoms with van der Waals surface area (Å²) in [5.74, 6) is 0.207. The van der Waals surface area contributed by atoms with Crippen LogP contribution in [0.3, 0.4) is 0 Å². The summed E-state index contributed by atoms with van der Waals surface area (Å²) in [6.07, 6.45) is 2.04. The Kier molecular flexibility index (Phi) is 6.14. The Bertz CT molecular complexity index is 1010. The van der Waals surface area contributed by atoms with Crippen LogP contribution in [0.25, 0.3) is 10.4 Å². The highest BCUT2D eigenvalue weighted by Gasteiger charge is 2.26. The van der Waals surface area contributed by atoms with Crippen molar-refractivity contribution >= 4 is 23.2 Å². The summed E-state index contributed by atoms with van der Waals surface area (Å²) in [6.45, 7) is 0.407. The Labute approximate surface area is 180 Å². The van der Waals surface area contributed by atoms with Gasteiger partial charge >= 0.3 is 0 Å². The van der Waals surface area contributed by atoms with Gasteiger partial charge in [0.25, 0.3) is 5.91 Å². The Morgan fingerprint density at radius 1 is 1.07 bits per heavy atom. The lowest BCUT2D eigenvalue weighted by Gasteiger charge is -2.17. The minimum atomic E-state index is -0.212. The van der Waals surface area contributed by atoms with Gasteiger partial charge in [-0.15, -0.1) is 11.3 Å². The first-order valence-corrected chi connectivity index (χ1v) is 10.8. The molecular formula is C24H24N2O3S. The molecule has 0 radical (unpaired) electrons. The van der Waals surface area contributed by atoms with E-state index in [1.165, 1.54) is 16.2 Å². The molecule has 2 aromatic carbocycles. The molecule has 1 aliphatic carbocycles. The van der Waals surface area contributed by atoms with Crippen LogP contribution in [0.4, 0.5) is 0 Å². The molecule has 30 heavy (non-hydrogen) atoms. The minimum absolute atomic E-state index is 0.0338. The summed E-state index contributed by atoms with van der Waals surface area (Å²) in [4.78, 5) is 28.2. The molecular weight excluding hydrogens is 396 g/mol. The molecule has 0 unspecified atom stereocenters. The third-order valence-electron chi connectivity index (χ3n) is 4.86. The molecule has 3 aromatic rings. The molecule has 0 bridgehead atoms. The Morgan fingerprint density at radius 2 is 1.73 bits per heavy atom. The first-order valence-electron chi connectivity index (χ1n) is 10.0. The molecule has 1 aliphatic rings. The average Bonchev–Trinajstić information content (AvgIpc) is 3.48. The molecule has 0 atom stereocenters. The Hall–Kier alpha value is -3.12. The standard InChI is InChI=1S/C24H24N2O3S/c1-26(15-22(27)25-19-12-13-19)24(28)23-20(29-16-17-8-4-2-5-9-17)14-21(30-23)18-10-6-3-7-11-18/h2-11,14,19H,12-13,15-16H2,1H3,(H,25,27). The number of hydrogen-bond donors (Lipinski definition) is 1. The molecule has 1 aromatic heterocycles. The number of likely N-dealkylation sites (N-methyl/N-ethyl adjacent to an activating group) is 1. The highest BCUT2D eigenvalue weighted by atomic mass is 32.1. The molecule has 4 rings (SSSR count). The number of hydrogen-bond acceptors (Lipinski definition) is 4. The van der Waals surface area contributed by atoms with Crippen LogP contribution < -0.4 is 10.1 Å². The van der Waals surface area contributed by atoms with Crippen molar-refractivity contribution < 1.29 is 14.3 Å². The normalized spacial score (nSPS) is 13.0. The van der Waals surface area contributed by atoms with E-state index in [1.807, 2.05) is 66.7 Å². The number of thiophene rings is 1. The van der Waals surface area contributed by atoms with Crippen LogP contribution in [-0.4, -0.2) is 36.3 Å². The quantitative estimate of drug-likeness (QED) is 0.590. The predicted molar refractivity (Wildman–Crippen MR) is 119 cm³/mol. The van der Waals surface area contributed by atoms with E-state index in [4.69, 9.17) is 4.74 Å². The van der Waals surface area contributed by atoms with Gasteiger partial charge in [0.15, 0.2) is 0 Å². The number of carbonyl (C=O) groups is 2. The average molecular weight is 421 g/mol. The number of nitrogens with one attached hydrogen (secondary N) is 1. The molecule has 0 aliphatic heterocycles. The molecule has 5 nitrogen and oxygen atoms in total. The van der Waals surface area contributed by atoms with Gasteiger partial charge in [-0.1, -0.05) is 60.7 Å². The SMILES string of the molecule is CN(CC(=O)NC1CC1)C(=O)c1sc(-c2ccccc2)cc1OCc1ccccc1. The van der Waals surface area contributed by atoms with Gasteiger partial charge in [0.05, 0.1) is 6.54 Å². The lowest BCUT2D eigenvalue weighted by atomic mass is 10.2. The van der Waals surface area contributed by atoms with Crippen LogP contribution in [0.2, 0.25) is 0 Å². The predicted octanol–water partition coefficient (Wildman–Crippen LogP) is 4.34. The molecule has 1 N–H and O–H groups in total. The summed E-state index contributed by atoms with van der Waals surface area (Å²) in [5.41, 5.74) is 2.06. The number of rotatable bonds is 8. The molecule has 0 saturated heterocycles. The minimum Gasteiger partial charge on any atom is -0.487 e. The lowest BCUT2D eigenvalue weighted by molar-refractivity contribution is -0.121. The maximum absolute atomic E-state index is 13.1. The van der Waals surface area contributed by atoms with Crippen LogP contribution >= 0.6 is 11.3 Å². The van der Waals surface area contributed by atoms with E-state index in [9.17, 15) is 9.59 Å². The van der Waals surface area contributed by atoms with E-state index < -0.39 is 0 Å². The number of nitrogens with zero attached hydrogens (tertiary/aromatic N) is 1. The maximum Gasteiger partial charge on any atom is 0.267 e. The van der Waals surface area contributed by atoms with Crippen molar-refractivity contribution in [1.29, 1.82) is 0 Å². The molecule has 1 heterocycles. The van der Waals surface area contributed by atoms with Crippen molar-refractivity contribution in [3.63, 3.8) is 0 Å². The van der Waals surface area contributed by atoms with Crippen LogP contribution in [-0.2, 0) is 11.4 Å². The zero-order valence-corrected chi connectivity index (χ0v) is 17.7. The number of carbonyl (C=O) groups excluding carboxylic acids is 2. The molecule has 0 spiro atoms. The third-order valence-corrected chi connectivity index (χ3v) is 6.01. The first kappa shape index (κ1) is 20.2. The van der Waals surface area contributed by atoms with Gasteiger partial charge in [-0.3, -0.25) is 9.59 Å². The molecule has 1 saturated carbocycles. The molecule has 6 heteroatoms. The molecule has 154 valence electrons. The van der Waals surface area contributed by atoms with Crippen molar-refractivity contribution in [3.05, 3.63) is 77.2 Å². The fourth-order valence-electron chi connectivity index (χ4n) is 3.07. The third kappa shape index (κ3) is 5.07. The van der Waals surface area contributed by atoms with Gasteiger partial charge in [0.1, 0.15) is 17.2 Å². The maximum atomic E-state index is 13.1. The van der Waals surface area contributed by atoms with Crippen LogP contribution in [0.15, 0.2) is 66.7 Å². The second-order valence-electron chi connectivity index (χ2n) is 7.45. The fraction of sp³-hybridized carbons (Fsp3) is 0.250. The summed E-state index contributed by atoms with van der Waals surface area (Å²) in [6, 6.07) is 21.9. The van der Waals surface area contributed by atoms with Crippen LogP contribution in [0.1, 0.15) is 28.1 Å². The smallest absolute Gasteiger partial charge is 0.267 e. The van der Waals surface area contributed by atoms with Gasteiger partial charge in [-0.2, -0.15) is 0 Å².